The molecule has 0 N–H and O–H groups in total. The predicted molar refractivity (Wildman–Crippen MR) is 189 cm³/mol. The van der Waals surface area contributed by atoms with Crippen LogP contribution in [0.3, 0.4) is 0 Å². The predicted octanol–water partition coefficient (Wildman–Crippen LogP) is 5.52. The number of amides is 1. The molecule has 3 heterocycles. The maximum absolute atomic E-state index is 14.8. The molecule has 0 spiro atoms. The van der Waals surface area contributed by atoms with Gasteiger partial charge in [-0.3, -0.25) is 14.2 Å². The summed E-state index contributed by atoms with van der Waals surface area (Å²) in [5, 5.41) is 0.597. The van der Waals surface area contributed by atoms with E-state index < -0.39 is 17.6 Å². The zero-order valence-corrected chi connectivity index (χ0v) is 28.4. The molecule has 1 atom stereocenters. The minimum absolute atomic E-state index is 0.117. The first kappa shape index (κ1) is 32.1. The Morgan fingerprint density at radius 3 is 2.33 bits per heavy atom. The number of halogens is 1. The van der Waals surface area contributed by atoms with E-state index in [1.807, 2.05) is 66.7 Å². The average Bonchev–Trinajstić information content (AvgIpc) is 3.60. The van der Waals surface area contributed by atoms with E-state index in [2.05, 4.69) is 0 Å². The average molecular weight is 692 g/mol. The smallest absolute Gasteiger partial charge is 0.338 e. The van der Waals surface area contributed by atoms with Crippen LogP contribution in [-0.4, -0.2) is 37.3 Å². The maximum Gasteiger partial charge on any atom is 0.338 e. The number of carbonyl (C=O) groups excluding carboxylic acids is 2. The van der Waals surface area contributed by atoms with Crippen LogP contribution in [0.2, 0.25) is 5.02 Å². The Labute approximate surface area is 290 Å². The van der Waals surface area contributed by atoms with Crippen molar-refractivity contribution < 1.29 is 23.8 Å². The van der Waals surface area contributed by atoms with Crippen LogP contribution in [-0.2, 0) is 20.9 Å². The van der Waals surface area contributed by atoms with Crippen LogP contribution in [0, 0.1) is 0 Å². The number of esters is 1. The minimum atomic E-state index is -0.961. The highest BCUT2D eigenvalue weighted by molar-refractivity contribution is 7.07. The van der Waals surface area contributed by atoms with E-state index in [0.717, 1.165) is 16.9 Å². The van der Waals surface area contributed by atoms with Crippen molar-refractivity contribution >= 4 is 51.8 Å². The highest BCUT2D eigenvalue weighted by Crippen LogP contribution is 2.40. The molecule has 0 bridgehead atoms. The third-order valence-electron chi connectivity index (χ3n) is 8.48. The van der Waals surface area contributed by atoms with Crippen molar-refractivity contribution in [2.24, 2.45) is 4.99 Å². The summed E-state index contributed by atoms with van der Waals surface area (Å²) in [4.78, 5) is 49.9. The summed E-state index contributed by atoms with van der Waals surface area (Å²) < 4.78 is 18.4. The van der Waals surface area contributed by atoms with E-state index in [4.69, 9.17) is 30.8 Å². The van der Waals surface area contributed by atoms with Crippen molar-refractivity contribution in [1.29, 1.82) is 0 Å². The normalized spacial score (nSPS) is 16.2. The second kappa shape index (κ2) is 13.2. The fourth-order valence-corrected chi connectivity index (χ4v) is 7.47. The molecule has 2 aliphatic heterocycles. The van der Waals surface area contributed by atoms with E-state index in [9.17, 15) is 14.4 Å². The highest BCUT2D eigenvalue weighted by Gasteiger charge is 2.38. The van der Waals surface area contributed by atoms with Gasteiger partial charge in [-0.15, -0.1) is 0 Å². The van der Waals surface area contributed by atoms with E-state index in [1.54, 1.807) is 42.2 Å². The van der Waals surface area contributed by atoms with Gasteiger partial charge in [-0.25, -0.2) is 9.79 Å². The summed E-state index contributed by atoms with van der Waals surface area (Å²) >= 11 is 7.24. The molecule has 9 nitrogen and oxygen atoms in total. The Hall–Kier alpha value is -5.45. The number of hydrogen-bond donors (Lipinski definition) is 0. The molecule has 246 valence electrons. The second-order valence-corrected chi connectivity index (χ2v) is 12.7. The van der Waals surface area contributed by atoms with Crippen LogP contribution in [0.5, 0.6) is 11.5 Å². The van der Waals surface area contributed by atoms with E-state index >= 15 is 0 Å². The van der Waals surface area contributed by atoms with Crippen LogP contribution >= 0.6 is 22.9 Å². The number of nitrogens with zero attached hydrogens (tertiary/aromatic N) is 3. The van der Waals surface area contributed by atoms with Crippen molar-refractivity contribution in [3.05, 3.63) is 150 Å². The third kappa shape index (κ3) is 5.62. The Morgan fingerprint density at radius 2 is 1.61 bits per heavy atom. The number of fused-ring (bicyclic) bond motifs is 2. The van der Waals surface area contributed by atoms with Gasteiger partial charge in [0.2, 0.25) is 0 Å². The van der Waals surface area contributed by atoms with Crippen LogP contribution < -0.4 is 29.3 Å². The van der Waals surface area contributed by atoms with Gasteiger partial charge in [0.1, 0.15) is 4.53 Å². The Kier molecular flexibility index (Phi) is 8.66. The highest BCUT2D eigenvalue weighted by atomic mass is 35.5. The topological polar surface area (TPSA) is 99.4 Å². The molecule has 5 aromatic rings. The number of ether oxygens (including phenoxy) is 3. The summed E-state index contributed by atoms with van der Waals surface area (Å²) in [6.07, 6.45) is 0. The van der Waals surface area contributed by atoms with Gasteiger partial charge in [-0.1, -0.05) is 89.7 Å². The Bertz CT molecular complexity index is 2330. The fraction of sp³-hybridized carbons (Fsp3) is 0.158. The van der Waals surface area contributed by atoms with Gasteiger partial charge in [0.15, 0.2) is 16.3 Å². The first-order valence-corrected chi connectivity index (χ1v) is 16.7. The number of hydrogen-bond acceptors (Lipinski definition) is 8. The third-order valence-corrected chi connectivity index (χ3v) is 9.78. The number of anilines is 1. The van der Waals surface area contributed by atoms with Gasteiger partial charge < -0.3 is 19.1 Å². The zero-order valence-electron chi connectivity index (χ0n) is 26.8. The Balaban J connectivity index is 1.51. The van der Waals surface area contributed by atoms with Crippen molar-refractivity contribution in [2.75, 3.05) is 25.7 Å². The first-order chi connectivity index (χ1) is 23.8. The molecule has 0 saturated heterocycles. The molecule has 0 radical (unpaired) electrons. The van der Waals surface area contributed by atoms with Gasteiger partial charge in [-0.2, -0.15) is 0 Å². The lowest BCUT2D eigenvalue weighted by atomic mass is 9.93. The van der Waals surface area contributed by atoms with Crippen molar-refractivity contribution in [1.82, 2.24) is 4.57 Å². The summed E-state index contributed by atoms with van der Waals surface area (Å²) in [7, 11) is 3.05. The SMILES string of the molecule is CCOC(=O)C1=C(c2ccccc2)N=c2s/c(=C3/C(=O)N(Cc4ccc(Cl)cc4)c4ccccc43)c(=O)n2[C@H]1c1ccc(OC)c(OC)c1. The van der Waals surface area contributed by atoms with Crippen molar-refractivity contribution in [3.63, 3.8) is 0 Å². The molecule has 7 rings (SSSR count). The molecule has 0 aliphatic carbocycles. The number of thiazole rings is 1. The van der Waals surface area contributed by atoms with Crippen molar-refractivity contribution in [2.45, 2.75) is 19.5 Å². The lowest BCUT2D eigenvalue weighted by molar-refractivity contribution is -0.138. The maximum atomic E-state index is 14.8. The molecular weight excluding hydrogens is 662 g/mol. The first-order valence-electron chi connectivity index (χ1n) is 15.5. The molecule has 1 amide bonds. The summed E-state index contributed by atoms with van der Waals surface area (Å²) in [6.45, 7) is 2.13. The minimum Gasteiger partial charge on any atom is -0.493 e. The molecule has 2 aliphatic rings. The number of methoxy groups -OCH3 is 2. The largest absolute Gasteiger partial charge is 0.493 e. The molecule has 0 unspecified atom stereocenters. The van der Waals surface area contributed by atoms with Gasteiger partial charge in [0, 0.05) is 16.1 Å². The van der Waals surface area contributed by atoms with E-state index in [-0.39, 0.29) is 34.7 Å². The van der Waals surface area contributed by atoms with Gasteiger partial charge >= 0.3 is 5.97 Å². The molecule has 1 aromatic heterocycles. The van der Waals surface area contributed by atoms with Gasteiger partial charge in [-0.05, 0) is 48.4 Å². The van der Waals surface area contributed by atoms with Crippen LogP contribution in [0.25, 0.3) is 11.3 Å². The van der Waals surface area contributed by atoms with Gasteiger partial charge in [0.05, 0.1) is 55.9 Å². The number of carbonyl (C=O) groups is 2. The number of rotatable bonds is 8. The van der Waals surface area contributed by atoms with Crippen LogP contribution in [0.1, 0.15) is 35.2 Å². The van der Waals surface area contributed by atoms with E-state index in [0.29, 0.717) is 49.4 Å². The second-order valence-electron chi connectivity index (χ2n) is 11.3. The molecule has 49 heavy (non-hydrogen) atoms. The lowest BCUT2D eigenvalue weighted by Gasteiger charge is -2.26. The van der Waals surface area contributed by atoms with E-state index in [1.165, 1.54) is 18.8 Å². The summed E-state index contributed by atoms with van der Waals surface area (Å²) in [5.74, 6) is -0.0137. The standard InChI is InChI=1S/C38H30ClN3O6S/c1-4-48-37(45)31-32(23-10-6-5-7-11-23)40-38-42(33(31)24-16-19-28(46-2)29(20-24)47-3)36(44)34(49-38)30-26-12-8-9-13-27(26)41(35(30)43)21-22-14-17-25(39)18-15-22/h5-20,33H,4,21H2,1-3H3/b34-30+/t33-/m0/s1. The van der Waals surface area contributed by atoms with Crippen LogP contribution in [0.4, 0.5) is 5.69 Å². The molecule has 0 saturated carbocycles. The molecule has 0 fully saturated rings. The Morgan fingerprint density at radius 1 is 0.898 bits per heavy atom. The zero-order chi connectivity index (χ0) is 34.2. The fourth-order valence-electron chi connectivity index (χ4n) is 6.26. The lowest BCUT2D eigenvalue weighted by Crippen LogP contribution is -2.41. The molecule has 11 heteroatoms. The molecule has 4 aromatic carbocycles. The monoisotopic (exact) mass is 691 g/mol. The van der Waals surface area contributed by atoms with Crippen LogP contribution in [0.15, 0.2) is 112 Å². The number of benzene rings is 4. The van der Waals surface area contributed by atoms with Gasteiger partial charge in [0.25, 0.3) is 11.5 Å². The summed E-state index contributed by atoms with van der Waals surface area (Å²) in [5.41, 5.74) is 3.85. The van der Waals surface area contributed by atoms with Crippen molar-refractivity contribution in [3.8, 4) is 11.5 Å². The molecular formula is C38H30ClN3O6S. The summed E-state index contributed by atoms with van der Waals surface area (Å²) in [6, 6.07) is 28.3. The quantitative estimate of drug-likeness (QED) is 0.199. The number of aromatic nitrogens is 1. The number of para-hydroxylation sites is 1.